The number of hydrogen-bond donors (Lipinski definition) is 1. The number of aromatic carboxylic acids is 1. The number of benzene rings is 1. The van der Waals surface area contributed by atoms with E-state index in [1.54, 1.807) is 0 Å². The summed E-state index contributed by atoms with van der Waals surface area (Å²) in [6.07, 6.45) is 0. The van der Waals surface area contributed by atoms with Gasteiger partial charge in [0, 0.05) is 12.5 Å². The van der Waals surface area contributed by atoms with Crippen LogP contribution in [0.15, 0.2) is 16.7 Å². The van der Waals surface area contributed by atoms with E-state index in [1.807, 2.05) is 0 Å². The molecule has 0 aliphatic rings. The molecule has 0 aliphatic heterocycles. The molecule has 0 amide bonds. The van der Waals surface area contributed by atoms with Crippen molar-refractivity contribution in [1.82, 2.24) is 10.1 Å². The van der Waals surface area contributed by atoms with Gasteiger partial charge in [-0.25, -0.2) is 13.6 Å². The highest BCUT2D eigenvalue weighted by Gasteiger charge is 2.19. The summed E-state index contributed by atoms with van der Waals surface area (Å²) in [5.41, 5.74) is -0.990. The molecule has 0 spiro atoms. The van der Waals surface area contributed by atoms with Crippen molar-refractivity contribution in [1.29, 1.82) is 0 Å². The van der Waals surface area contributed by atoms with Gasteiger partial charge in [0.15, 0.2) is 0 Å². The summed E-state index contributed by atoms with van der Waals surface area (Å²) in [7, 11) is 0. The lowest BCUT2D eigenvalue weighted by atomic mass is 10.1. The maximum Gasteiger partial charge on any atom is 0.341 e. The highest BCUT2D eigenvalue weighted by atomic mass is 19.1. The Morgan fingerprint density at radius 2 is 1.94 bits per heavy atom. The zero-order valence-corrected chi connectivity index (χ0v) is 8.57. The minimum atomic E-state index is -1.67. The normalized spacial score (nSPS) is 10.5. The second-order valence-corrected chi connectivity index (χ2v) is 3.26. The molecule has 0 bridgehead atoms. The van der Waals surface area contributed by atoms with E-state index in [4.69, 9.17) is 5.11 Å². The van der Waals surface area contributed by atoms with Crippen molar-refractivity contribution in [2.24, 2.45) is 0 Å². The number of carboxylic acid groups (broad SMARTS) is 1. The summed E-state index contributed by atoms with van der Waals surface area (Å²) in [5, 5.41) is 12.1. The number of rotatable bonds is 2. The molecule has 5 nitrogen and oxygen atoms in total. The van der Waals surface area contributed by atoms with E-state index in [2.05, 4.69) is 14.7 Å². The molecule has 0 saturated carbocycles. The molecule has 1 heterocycles. The van der Waals surface area contributed by atoms with E-state index in [0.29, 0.717) is 0 Å². The van der Waals surface area contributed by atoms with E-state index in [9.17, 15) is 13.6 Å². The Bertz CT molecular complexity index is 572. The molecular formula is C10H6F2N2O3. The SMILES string of the molecule is Cc1nc(-c2cc(F)c(C(=O)O)c(F)c2)no1. The molecule has 0 unspecified atom stereocenters. The van der Waals surface area contributed by atoms with Crippen LogP contribution in [0.5, 0.6) is 0 Å². The minimum Gasteiger partial charge on any atom is -0.477 e. The lowest BCUT2D eigenvalue weighted by molar-refractivity contribution is 0.0686. The van der Waals surface area contributed by atoms with Crippen LogP contribution < -0.4 is 0 Å². The molecule has 17 heavy (non-hydrogen) atoms. The first-order chi connectivity index (χ1) is 7.99. The molecule has 88 valence electrons. The fourth-order valence-corrected chi connectivity index (χ4v) is 1.32. The van der Waals surface area contributed by atoms with Crippen LogP contribution in [0.4, 0.5) is 8.78 Å². The topological polar surface area (TPSA) is 76.2 Å². The highest BCUT2D eigenvalue weighted by molar-refractivity contribution is 5.88. The maximum atomic E-state index is 13.3. The predicted octanol–water partition coefficient (Wildman–Crippen LogP) is 2.02. The van der Waals surface area contributed by atoms with E-state index < -0.39 is 23.2 Å². The Kier molecular flexibility index (Phi) is 2.58. The second-order valence-electron chi connectivity index (χ2n) is 3.26. The molecule has 0 aliphatic carbocycles. The predicted molar refractivity (Wildman–Crippen MR) is 51.3 cm³/mol. The lowest BCUT2D eigenvalue weighted by Gasteiger charge is -2.01. The number of carbonyl (C=O) groups is 1. The van der Waals surface area contributed by atoms with Crippen LogP contribution in [0.3, 0.4) is 0 Å². The molecule has 2 aromatic rings. The van der Waals surface area contributed by atoms with Gasteiger partial charge in [0.2, 0.25) is 11.7 Å². The third-order valence-electron chi connectivity index (χ3n) is 2.04. The van der Waals surface area contributed by atoms with Crippen molar-refractivity contribution in [2.45, 2.75) is 6.92 Å². The monoisotopic (exact) mass is 240 g/mol. The van der Waals surface area contributed by atoms with Crippen LogP contribution >= 0.6 is 0 Å². The van der Waals surface area contributed by atoms with Crippen molar-refractivity contribution in [2.75, 3.05) is 0 Å². The van der Waals surface area contributed by atoms with Crippen LogP contribution in [-0.4, -0.2) is 21.2 Å². The van der Waals surface area contributed by atoms with Gasteiger partial charge in [-0.3, -0.25) is 0 Å². The summed E-state index contributed by atoms with van der Waals surface area (Å²) in [4.78, 5) is 14.3. The molecule has 1 aromatic heterocycles. The summed E-state index contributed by atoms with van der Waals surface area (Å²) >= 11 is 0. The Morgan fingerprint density at radius 3 is 2.35 bits per heavy atom. The van der Waals surface area contributed by atoms with Crippen LogP contribution in [0.1, 0.15) is 16.2 Å². The Hall–Kier alpha value is -2.31. The number of hydrogen-bond acceptors (Lipinski definition) is 4. The van der Waals surface area contributed by atoms with Gasteiger partial charge in [0.05, 0.1) is 0 Å². The van der Waals surface area contributed by atoms with Gasteiger partial charge in [-0.15, -0.1) is 0 Å². The fraction of sp³-hybridized carbons (Fsp3) is 0.100. The van der Waals surface area contributed by atoms with Gasteiger partial charge < -0.3 is 9.63 Å². The molecule has 0 saturated heterocycles. The van der Waals surface area contributed by atoms with Gasteiger partial charge >= 0.3 is 5.97 Å². The standard InChI is InChI=1S/C10H6F2N2O3/c1-4-13-9(14-17-4)5-2-6(11)8(10(15)16)7(12)3-5/h2-3H,1H3,(H,15,16). The molecule has 2 rings (SSSR count). The van der Waals surface area contributed by atoms with Crippen LogP contribution in [-0.2, 0) is 0 Å². The Labute approximate surface area is 93.7 Å². The third kappa shape index (κ3) is 1.99. The average molecular weight is 240 g/mol. The smallest absolute Gasteiger partial charge is 0.341 e. The van der Waals surface area contributed by atoms with Gasteiger partial charge in [0.1, 0.15) is 17.2 Å². The summed E-state index contributed by atoms with van der Waals surface area (Å²) < 4.78 is 31.3. The number of nitrogens with zero attached hydrogens (tertiary/aromatic N) is 2. The van der Waals surface area contributed by atoms with E-state index in [-0.39, 0.29) is 17.3 Å². The van der Waals surface area contributed by atoms with Crippen molar-refractivity contribution in [3.63, 3.8) is 0 Å². The number of aromatic nitrogens is 2. The number of carboxylic acids is 1. The molecule has 0 fully saturated rings. The highest BCUT2D eigenvalue weighted by Crippen LogP contribution is 2.22. The van der Waals surface area contributed by atoms with Crippen molar-refractivity contribution < 1.29 is 23.2 Å². The Balaban J connectivity index is 2.56. The van der Waals surface area contributed by atoms with E-state index in [1.165, 1.54) is 6.92 Å². The molecule has 1 aromatic carbocycles. The van der Waals surface area contributed by atoms with Crippen LogP contribution in [0.25, 0.3) is 11.4 Å². The molecule has 1 N–H and O–H groups in total. The van der Waals surface area contributed by atoms with Crippen LogP contribution in [0, 0.1) is 18.6 Å². The zero-order chi connectivity index (χ0) is 12.6. The van der Waals surface area contributed by atoms with Gasteiger partial charge in [0.25, 0.3) is 0 Å². The third-order valence-corrected chi connectivity index (χ3v) is 2.04. The van der Waals surface area contributed by atoms with E-state index in [0.717, 1.165) is 12.1 Å². The Morgan fingerprint density at radius 1 is 1.35 bits per heavy atom. The first kappa shape index (κ1) is 11.2. The molecule has 0 radical (unpaired) electrons. The van der Waals surface area contributed by atoms with Crippen molar-refractivity contribution >= 4 is 5.97 Å². The second kappa shape index (κ2) is 3.93. The number of halogens is 2. The van der Waals surface area contributed by atoms with Gasteiger partial charge in [-0.2, -0.15) is 4.98 Å². The van der Waals surface area contributed by atoms with Gasteiger partial charge in [-0.1, -0.05) is 5.16 Å². The number of aryl methyl sites for hydroxylation is 1. The summed E-state index contributed by atoms with van der Waals surface area (Å²) in [6.45, 7) is 1.52. The van der Waals surface area contributed by atoms with Gasteiger partial charge in [-0.05, 0) is 12.1 Å². The first-order valence-electron chi connectivity index (χ1n) is 4.52. The van der Waals surface area contributed by atoms with Crippen molar-refractivity contribution in [3.8, 4) is 11.4 Å². The molecule has 7 heteroatoms. The average Bonchev–Trinajstić information content (AvgIpc) is 2.63. The maximum absolute atomic E-state index is 13.3. The minimum absolute atomic E-state index is 0.00256. The summed E-state index contributed by atoms with van der Waals surface area (Å²) in [5.74, 6) is -3.80. The fourth-order valence-electron chi connectivity index (χ4n) is 1.32. The summed E-state index contributed by atoms with van der Waals surface area (Å²) in [6, 6.07) is 1.69. The molecule has 0 atom stereocenters. The lowest BCUT2D eigenvalue weighted by Crippen LogP contribution is -2.05. The largest absolute Gasteiger partial charge is 0.477 e. The van der Waals surface area contributed by atoms with E-state index >= 15 is 0 Å². The molecular weight excluding hydrogens is 234 g/mol. The van der Waals surface area contributed by atoms with Crippen molar-refractivity contribution in [3.05, 3.63) is 35.2 Å². The zero-order valence-electron chi connectivity index (χ0n) is 8.57. The van der Waals surface area contributed by atoms with Crippen LogP contribution in [0.2, 0.25) is 0 Å². The first-order valence-corrected chi connectivity index (χ1v) is 4.52. The quantitative estimate of drug-likeness (QED) is 0.868.